The number of aryl methyl sites for hydroxylation is 1. The monoisotopic (exact) mass is 317 g/mol. The van der Waals surface area contributed by atoms with E-state index in [0.29, 0.717) is 6.54 Å². The lowest BCUT2D eigenvalue weighted by molar-refractivity contribution is 0.0952. The Bertz CT molecular complexity index is 656. The van der Waals surface area contributed by atoms with E-state index in [2.05, 4.69) is 5.32 Å². The standard InChI is InChI=1S/C18H20FNO3/c1-22-15-8-5-13(6-9-15)4-3-11-20-18(21)14-7-10-17(23-2)16(19)12-14/h5-10,12H,3-4,11H2,1-2H3,(H,20,21). The summed E-state index contributed by atoms with van der Waals surface area (Å²) in [5.74, 6) is 0.115. The van der Waals surface area contributed by atoms with Crippen LogP contribution < -0.4 is 14.8 Å². The summed E-state index contributed by atoms with van der Waals surface area (Å²) in [6.45, 7) is 0.526. The molecule has 0 saturated carbocycles. The van der Waals surface area contributed by atoms with Crippen LogP contribution in [0.25, 0.3) is 0 Å². The number of hydrogen-bond donors (Lipinski definition) is 1. The van der Waals surface area contributed by atoms with Crippen molar-refractivity contribution in [2.24, 2.45) is 0 Å². The van der Waals surface area contributed by atoms with Crippen molar-refractivity contribution in [1.82, 2.24) is 5.32 Å². The molecule has 0 fully saturated rings. The van der Waals surface area contributed by atoms with E-state index in [9.17, 15) is 9.18 Å². The van der Waals surface area contributed by atoms with Crippen LogP contribution in [0.4, 0.5) is 4.39 Å². The van der Waals surface area contributed by atoms with Gasteiger partial charge in [0.1, 0.15) is 5.75 Å². The van der Waals surface area contributed by atoms with Gasteiger partial charge in [0.05, 0.1) is 14.2 Å². The molecule has 5 heteroatoms. The van der Waals surface area contributed by atoms with Crippen molar-refractivity contribution in [2.45, 2.75) is 12.8 Å². The molecule has 0 aliphatic carbocycles. The minimum Gasteiger partial charge on any atom is -0.497 e. The maximum absolute atomic E-state index is 13.6. The Morgan fingerprint density at radius 2 is 1.83 bits per heavy atom. The molecule has 1 N–H and O–H groups in total. The molecule has 0 unspecified atom stereocenters. The number of rotatable bonds is 7. The minimum absolute atomic E-state index is 0.126. The molecular formula is C18H20FNO3. The van der Waals surface area contributed by atoms with Gasteiger partial charge in [-0.15, -0.1) is 0 Å². The van der Waals surface area contributed by atoms with E-state index >= 15 is 0 Å². The molecule has 1 amide bonds. The molecule has 0 spiro atoms. The van der Waals surface area contributed by atoms with Gasteiger partial charge in [-0.1, -0.05) is 12.1 Å². The van der Waals surface area contributed by atoms with Crippen LogP contribution in [0.1, 0.15) is 22.3 Å². The highest BCUT2D eigenvalue weighted by molar-refractivity contribution is 5.94. The quantitative estimate of drug-likeness (QED) is 0.798. The molecule has 0 aliphatic heterocycles. The lowest BCUT2D eigenvalue weighted by atomic mass is 10.1. The number of methoxy groups -OCH3 is 2. The fourth-order valence-electron chi connectivity index (χ4n) is 2.20. The predicted molar refractivity (Wildman–Crippen MR) is 86.6 cm³/mol. The highest BCUT2D eigenvalue weighted by Crippen LogP contribution is 2.17. The van der Waals surface area contributed by atoms with Crippen LogP contribution in [-0.4, -0.2) is 26.7 Å². The van der Waals surface area contributed by atoms with E-state index in [1.165, 1.54) is 24.8 Å². The van der Waals surface area contributed by atoms with E-state index in [4.69, 9.17) is 9.47 Å². The average molecular weight is 317 g/mol. The van der Waals surface area contributed by atoms with Crippen LogP contribution in [0.2, 0.25) is 0 Å². The molecule has 0 atom stereocenters. The second kappa shape index (κ2) is 8.17. The number of benzene rings is 2. The largest absolute Gasteiger partial charge is 0.497 e. The Labute approximate surface area is 135 Å². The minimum atomic E-state index is -0.543. The molecule has 4 nitrogen and oxygen atoms in total. The predicted octanol–water partition coefficient (Wildman–Crippen LogP) is 3.21. The summed E-state index contributed by atoms with van der Waals surface area (Å²) in [7, 11) is 3.02. The van der Waals surface area contributed by atoms with Crippen LogP contribution in [0.5, 0.6) is 11.5 Å². The normalized spacial score (nSPS) is 10.2. The molecule has 23 heavy (non-hydrogen) atoms. The van der Waals surface area contributed by atoms with E-state index in [1.54, 1.807) is 13.2 Å². The summed E-state index contributed by atoms with van der Waals surface area (Å²) in [4.78, 5) is 12.0. The Morgan fingerprint density at radius 3 is 2.43 bits per heavy atom. The number of hydrogen-bond acceptors (Lipinski definition) is 3. The highest BCUT2D eigenvalue weighted by atomic mass is 19.1. The van der Waals surface area contributed by atoms with Crippen molar-refractivity contribution in [1.29, 1.82) is 0 Å². The van der Waals surface area contributed by atoms with Gasteiger partial charge in [0, 0.05) is 12.1 Å². The lowest BCUT2D eigenvalue weighted by Gasteiger charge is -2.07. The van der Waals surface area contributed by atoms with Gasteiger partial charge in [0.2, 0.25) is 0 Å². The van der Waals surface area contributed by atoms with Gasteiger partial charge in [0.15, 0.2) is 11.6 Å². The zero-order chi connectivity index (χ0) is 16.7. The molecule has 2 aromatic rings. The van der Waals surface area contributed by atoms with Gasteiger partial charge in [-0.3, -0.25) is 4.79 Å². The maximum atomic E-state index is 13.6. The van der Waals surface area contributed by atoms with E-state index < -0.39 is 5.82 Å². The SMILES string of the molecule is COc1ccc(CCCNC(=O)c2ccc(OC)c(F)c2)cc1. The first-order valence-corrected chi connectivity index (χ1v) is 7.38. The van der Waals surface area contributed by atoms with Crippen molar-refractivity contribution in [3.05, 3.63) is 59.4 Å². The molecule has 2 aromatic carbocycles. The zero-order valence-corrected chi connectivity index (χ0v) is 13.3. The number of nitrogens with one attached hydrogen (secondary N) is 1. The molecule has 0 bridgehead atoms. The van der Waals surface area contributed by atoms with Gasteiger partial charge in [-0.05, 0) is 48.7 Å². The van der Waals surface area contributed by atoms with Gasteiger partial charge < -0.3 is 14.8 Å². The van der Waals surface area contributed by atoms with Gasteiger partial charge in [-0.25, -0.2) is 4.39 Å². The van der Waals surface area contributed by atoms with Crippen molar-refractivity contribution < 1.29 is 18.7 Å². The van der Waals surface area contributed by atoms with Gasteiger partial charge >= 0.3 is 0 Å². The third-order valence-corrected chi connectivity index (χ3v) is 3.50. The van der Waals surface area contributed by atoms with Gasteiger partial charge in [0.25, 0.3) is 5.91 Å². The first-order valence-electron chi connectivity index (χ1n) is 7.38. The molecule has 0 heterocycles. The highest BCUT2D eigenvalue weighted by Gasteiger charge is 2.09. The first kappa shape index (κ1) is 16.8. The van der Waals surface area contributed by atoms with Crippen LogP contribution in [0.3, 0.4) is 0 Å². The lowest BCUT2D eigenvalue weighted by Crippen LogP contribution is -2.24. The van der Waals surface area contributed by atoms with Crippen molar-refractivity contribution >= 4 is 5.91 Å². The Morgan fingerprint density at radius 1 is 1.09 bits per heavy atom. The molecular weight excluding hydrogens is 297 g/mol. The number of amides is 1. The number of carbonyl (C=O) groups is 1. The summed E-state index contributed by atoms with van der Waals surface area (Å²) in [5.41, 5.74) is 1.46. The Kier molecular flexibility index (Phi) is 5.97. The fraction of sp³-hybridized carbons (Fsp3) is 0.278. The van der Waals surface area contributed by atoms with Crippen LogP contribution >= 0.6 is 0 Å². The summed E-state index contributed by atoms with van der Waals surface area (Å²) < 4.78 is 23.5. The zero-order valence-electron chi connectivity index (χ0n) is 13.3. The number of ether oxygens (including phenoxy) is 2. The van der Waals surface area contributed by atoms with Crippen LogP contribution in [0.15, 0.2) is 42.5 Å². The van der Waals surface area contributed by atoms with Crippen LogP contribution in [-0.2, 0) is 6.42 Å². The van der Waals surface area contributed by atoms with E-state index in [0.717, 1.165) is 18.6 Å². The first-order chi connectivity index (χ1) is 11.1. The second-order valence-electron chi connectivity index (χ2n) is 5.06. The van der Waals surface area contributed by atoms with Crippen molar-refractivity contribution in [2.75, 3.05) is 20.8 Å². The van der Waals surface area contributed by atoms with E-state index in [1.807, 2.05) is 24.3 Å². The summed E-state index contributed by atoms with van der Waals surface area (Å²) in [5, 5.41) is 2.79. The molecule has 2 rings (SSSR count). The molecule has 0 aliphatic rings. The summed E-state index contributed by atoms with van der Waals surface area (Å²) in [6.07, 6.45) is 1.65. The molecule has 122 valence electrons. The molecule has 0 saturated heterocycles. The summed E-state index contributed by atoms with van der Waals surface area (Å²) >= 11 is 0. The van der Waals surface area contributed by atoms with Gasteiger partial charge in [-0.2, -0.15) is 0 Å². The number of carbonyl (C=O) groups excluding carboxylic acids is 1. The third kappa shape index (κ3) is 4.71. The summed E-state index contributed by atoms with van der Waals surface area (Å²) in [6, 6.07) is 12.0. The number of halogens is 1. The fourth-order valence-corrected chi connectivity index (χ4v) is 2.20. The third-order valence-electron chi connectivity index (χ3n) is 3.50. The maximum Gasteiger partial charge on any atom is 0.251 e. The topological polar surface area (TPSA) is 47.6 Å². The smallest absolute Gasteiger partial charge is 0.251 e. The van der Waals surface area contributed by atoms with Crippen LogP contribution in [0, 0.1) is 5.82 Å². The molecule has 0 radical (unpaired) electrons. The Hall–Kier alpha value is -2.56. The molecule has 0 aromatic heterocycles. The average Bonchev–Trinajstić information content (AvgIpc) is 2.59. The van der Waals surface area contributed by atoms with Crippen molar-refractivity contribution in [3.8, 4) is 11.5 Å². The van der Waals surface area contributed by atoms with E-state index in [-0.39, 0.29) is 17.2 Å². The second-order valence-corrected chi connectivity index (χ2v) is 5.06. The van der Waals surface area contributed by atoms with Crippen molar-refractivity contribution in [3.63, 3.8) is 0 Å². The Balaban J connectivity index is 1.79.